The third-order valence-electron chi connectivity index (χ3n) is 3.94. The van der Waals surface area contributed by atoms with Gasteiger partial charge in [-0.25, -0.2) is 4.98 Å². The summed E-state index contributed by atoms with van der Waals surface area (Å²) in [5.41, 5.74) is 2.09. The average molecular weight is 292 g/mol. The molecule has 1 fully saturated rings. The number of hydrogen-bond donors (Lipinski definition) is 1. The number of carbonyl (C=O) groups excluding carboxylic acids is 1. The quantitative estimate of drug-likeness (QED) is 0.865. The lowest BCUT2D eigenvalue weighted by atomic mass is 9.96. The molecule has 0 saturated carbocycles. The molecule has 0 aliphatic carbocycles. The predicted molar refractivity (Wildman–Crippen MR) is 80.0 cm³/mol. The molecule has 4 nitrogen and oxygen atoms in total. The molecule has 1 atom stereocenters. The van der Waals surface area contributed by atoms with Gasteiger partial charge in [0.05, 0.1) is 11.0 Å². The van der Waals surface area contributed by atoms with Gasteiger partial charge in [-0.3, -0.25) is 4.79 Å². The van der Waals surface area contributed by atoms with Crippen LogP contribution >= 0.6 is 11.6 Å². The molecular formula is C15H18ClN3O. The fraction of sp³-hybridized carbons (Fsp3) is 0.467. The molecule has 0 radical (unpaired) electrons. The van der Waals surface area contributed by atoms with Gasteiger partial charge in [-0.1, -0.05) is 12.1 Å². The molecule has 1 saturated heterocycles. The molecule has 1 aliphatic rings. The van der Waals surface area contributed by atoms with Gasteiger partial charge < -0.3 is 9.88 Å². The van der Waals surface area contributed by atoms with Gasteiger partial charge in [-0.2, -0.15) is 0 Å². The zero-order valence-corrected chi connectivity index (χ0v) is 12.2. The lowest BCUT2D eigenvalue weighted by Gasteiger charge is -2.31. The monoisotopic (exact) mass is 291 g/mol. The number of carbonyl (C=O) groups is 1. The van der Waals surface area contributed by atoms with E-state index in [4.69, 9.17) is 11.6 Å². The van der Waals surface area contributed by atoms with E-state index < -0.39 is 5.38 Å². The second kappa shape index (κ2) is 5.44. The Kier molecular flexibility index (Phi) is 3.66. The van der Waals surface area contributed by atoms with Crippen molar-refractivity contribution >= 4 is 28.5 Å². The van der Waals surface area contributed by atoms with Gasteiger partial charge >= 0.3 is 0 Å². The van der Waals surface area contributed by atoms with Crippen molar-refractivity contribution in [3.8, 4) is 0 Å². The van der Waals surface area contributed by atoms with E-state index in [1.165, 1.54) is 0 Å². The molecule has 0 bridgehead atoms. The molecule has 0 spiro atoms. The van der Waals surface area contributed by atoms with Crippen molar-refractivity contribution in [3.05, 3.63) is 30.1 Å². The van der Waals surface area contributed by atoms with Crippen molar-refractivity contribution in [2.45, 2.75) is 31.1 Å². The fourth-order valence-corrected chi connectivity index (χ4v) is 2.93. The predicted octanol–water partition coefficient (Wildman–Crippen LogP) is 2.90. The van der Waals surface area contributed by atoms with E-state index in [2.05, 4.69) is 9.97 Å². The maximum absolute atomic E-state index is 11.9. The van der Waals surface area contributed by atoms with Gasteiger partial charge in [0.15, 0.2) is 0 Å². The Morgan fingerprint density at radius 2 is 2.10 bits per heavy atom. The van der Waals surface area contributed by atoms with Crippen molar-refractivity contribution in [1.82, 2.24) is 14.9 Å². The molecule has 1 unspecified atom stereocenters. The van der Waals surface area contributed by atoms with Crippen LogP contribution in [0.15, 0.2) is 24.3 Å². The first-order valence-electron chi connectivity index (χ1n) is 7.02. The zero-order chi connectivity index (χ0) is 14.1. The Labute approximate surface area is 123 Å². The van der Waals surface area contributed by atoms with E-state index >= 15 is 0 Å². The summed E-state index contributed by atoms with van der Waals surface area (Å²) in [7, 11) is 0. The Balaban J connectivity index is 1.70. The summed E-state index contributed by atoms with van der Waals surface area (Å²) in [5.74, 6) is 1.48. The second-order valence-electron chi connectivity index (χ2n) is 5.35. The van der Waals surface area contributed by atoms with Gasteiger partial charge in [0, 0.05) is 19.0 Å². The van der Waals surface area contributed by atoms with Gasteiger partial charge in [-0.15, -0.1) is 11.6 Å². The molecule has 1 amide bonds. The Hall–Kier alpha value is -1.55. The third kappa shape index (κ3) is 2.52. The zero-order valence-electron chi connectivity index (χ0n) is 11.5. The van der Waals surface area contributed by atoms with Crippen LogP contribution in [0.25, 0.3) is 11.0 Å². The molecule has 1 aromatic carbocycles. The minimum Gasteiger partial charge on any atom is -0.342 e. The van der Waals surface area contributed by atoms with Crippen LogP contribution in [0.1, 0.15) is 31.5 Å². The maximum Gasteiger partial charge on any atom is 0.240 e. The molecule has 1 aromatic heterocycles. The third-order valence-corrected chi connectivity index (χ3v) is 4.13. The van der Waals surface area contributed by atoms with Crippen molar-refractivity contribution in [3.63, 3.8) is 0 Å². The largest absolute Gasteiger partial charge is 0.342 e. The number of para-hydroxylation sites is 2. The molecule has 20 heavy (non-hydrogen) atoms. The van der Waals surface area contributed by atoms with Crippen molar-refractivity contribution in [2.75, 3.05) is 13.1 Å². The number of amides is 1. The van der Waals surface area contributed by atoms with Crippen LogP contribution < -0.4 is 0 Å². The molecule has 1 aliphatic heterocycles. The minimum atomic E-state index is -0.433. The van der Waals surface area contributed by atoms with E-state index in [-0.39, 0.29) is 5.91 Å². The van der Waals surface area contributed by atoms with Crippen LogP contribution in [-0.4, -0.2) is 39.2 Å². The van der Waals surface area contributed by atoms with Gasteiger partial charge in [0.25, 0.3) is 0 Å². The Morgan fingerprint density at radius 3 is 2.75 bits per heavy atom. The first-order chi connectivity index (χ1) is 9.65. The molecule has 3 rings (SSSR count). The number of aromatic nitrogens is 2. The molecule has 2 aromatic rings. The summed E-state index contributed by atoms with van der Waals surface area (Å²) in [6.45, 7) is 3.25. The Bertz CT molecular complexity index is 581. The number of piperidine rings is 1. The normalized spacial score (nSPS) is 18.4. The maximum atomic E-state index is 11.9. The fourth-order valence-electron chi connectivity index (χ4n) is 2.79. The molecule has 5 heteroatoms. The van der Waals surface area contributed by atoms with Crippen LogP contribution in [0.4, 0.5) is 0 Å². The van der Waals surface area contributed by atoms with E-state index in [9.17, 15) is 4.79 Å². The van der Waals surface area contributed by atoms with Crippen molar-refractivity contribution < 1.29 is 4.79 Å². The number of fused-ring (bicyclic) bond motifs is 1. The van der Waals surface area contributed by atoms with Gasteiger partial charge in [0.2, 0.25) is 5.91 Å². The summed E-state index contributed by atoms with van der Waals surface area (Å²) in [5, 5.41) is -0.433. The van der Waals surface area contributed by atoms with Crippen LogP contribution in [0.5, 0.6) is 0 Å². The first kappa shape index (κ1) is 13.4. The number of nitrogens with zero attached hydrogens (tertiary/aromatic N) is 2. The van der Waals surface area contributed by atoms with Crippen LogP contribution in [-0.2, 0) is 4.79 Å². The number of H-pyrrole nitrogens is 1. The molecule has 106 valence electrons. The van der Waals surface area contributed by atoms with Crippen molar-refractivity contribution in [2.24, 2.45) is 0 Å². The smallest absolute Gasteiger partial charge is 0.240 e. The highest BCUT2D eigenvalue weighted by molar-refractivity contribution is 6.30. The van der Waals surface area contributed by atoms with Gasteiger partial charge in [-0.05, 0) is 31.9 Å². The minimum absolute atomic E-state index is 0.0368. The first-order valence-corrected chi connectivity index (χ1v) is 7.46. The van der Waals surface area contributed by atoms with Crippen LogP contribution in [0.3, 0.4) is 0 Å². The second-order valence-corrected chi connectivity index (χ2v) is 6.01. The van der Waals surface area contributed by atoms with Gasteiger partial charge in [0.1, 0.15) is 11.2 Å². The molecule has 1 N–H and O–H groups in total. The van der Waals surface area contributed by atoms with E-state index in [1.807, 2.05) is 29.2 Å². The number of rotatable bonds is 2. The average Bonchev–Trinajstić information content (AvgIpc) is 2.90. The standard InChI is InChI=1S/C15H18ClN3O/c1-10(16)15(20)19-8-6-11(7-9-19)14-17-12-4-2-3-5-13(12)18-14/h2-5,10-11H,6-9H2,1H3,(H,17,18). The Morgan fingerprint density at radius 1 is 1.40 bits per heavy atom. The number of nitrogens with one attached hydrogen (secondary N) is 1. The lowest BCUT2D eigenvalue weighted by molar-refractivity contribution is -0.131. The number of benzene rings is 1. The number of imidazole rings is 1. The topological polar surface area (TPSA) is 49.0 Å². The van der Waals surface area contributed by atoms with Crippen molar-refractivity contribution in [1.29, 1.82) is 0 Å². The highest BCUT2D eigenvalue weighted by Gasteiger charge is 2.27. The van der Waals surface area contributed by atoms with E-state index in [1.54, 1.807) is 6.92 Å². The van der Waals surface area contributed by atoms with E-state index in [0.29, 0.717) is 5.92 Å². The lowest BCUT2D eigenvalue weighted by Crippen LogP contribution is -2.41. The number of halogens is 1. The summed E-state index contributed by atoms with van der Waals surface area (Å²) < 4.78 is 0. The number of likely N-dealkylation sites (tertiary alicyclic amines) is 1. The highest BCUT2D eigenvalue weighted by Crippen LogP contribution is 2.28. The summed E-state index contributed by atoms with van der Waals surface area (Å²) >= 11 is 5.86. The summed E-state index contributed by atoms with van der Waals surface area (Å²) in [4.78, 5) is 21.8. The number of hydrogen-bond acceptors (Lipinski definition) is 2. The molecule has 2 heterocycles. The molecular weight excluding hydrogens is 274 g/mol. The number of alkyl halides is 1. The van der Waals surface area contributed by atoms with Crippen LogP contribution in [0.2, 0.25) is 0 Å². The van der Waals surface area contributed by atoms with E-state index in [0.717, 1.165) is 42.8 Å². The summed E-state index contributed by atoms with van der Waals surface area (Å²) in [6, 6.07) is 8.06. The summed E-state index contributed by atoms with van der Waals surface area (Å²) in [6.07, 6.45) is 1.88. The van der Waals surface area contributed by atoms with Crippen LogP contribution in [0, 0.1) is 0 Å². The number of aromatic amines is 1. The highest BCUT2D eigenvalue weighted by atomic mass is 35.5. The SMILES string of the molecule is CC(Cl)C(=O)N1CCC(c2nc3ccccc3[nH]2)CC1.